The lowest BCUT2D eigenvalue weighted by molar-refractivity contribution is -0.119. The number of nitrogens with two attached hydrogens (primary N) is 1. The lowest BCUT2D eigenvalue weighted by atomic mass is 9.85. The molecule has 0 spiro atoms. The van der Waals surface area contributed by atoms with Gasteiger partial charge in [0.2, 0.25) is 5.91 Å². The van der Waals surface area contributed by atoms with Crippen molar-refractivity contribution in [2.75, 3.05) is 0 Å². The molecular formula is C14H16N2O. The molecule has 1 heterocycles. The molecule has 0 saturated heterocycles. The molecule has 3 nitrogen and oxygen atoms in total. The molecule has 1 unspecified atom stereocenters. The van der Waals surface area contributed by atoms with E-state index >= 15 is 0 Å². The van der Waals surface area contributed by atoms with Gasteiger partial charge in [-0.25, -0.2) is 0 Å². The minimum Gasteiger partial charge on any atom is -0.369 e. The topological polar surface area (TPSA) is 58.9 Å². The Morgan fingerprint density at radius 2 is 2.29 bits per heavy atom. The number of primary amides is 1. The highest BCUT2D eigenvalue weighted by Crippen LogP contribution is 2.35. The van der Waals surface area contributed by atoms with E-state index in [-0.39, 0.29) is 11.8 Å². The quantitative estimate of drug-likeness (QED) is 0.759. The molecular weight excluding hydrogens is 212 g/mol. The first-order chi connectivity index (χ1) is 8.27. The minimum absolute atomic E-state index is 0.122. The van der Waals surface area contributed by atoms with E-state index < -0.39 is 0 Å². The fraction of sp³-hybridized carbons (Fsp3) is 0.357. The summed E-state index contributed by atoms with van der Waals surface area (Å²) in [5.74, 6) is -0.329. The summed E-state index contributed by atoms with van der Waals surface area (Å²) in [6.45, 7) is 0. The number of nitrogens with one attached hydrogen (secondary N) is 1. The number of aromatic nitrogens is 1. The molecule has 17 heavy (non-hydrogen) atoms. The van der Waals surface area contributed by atoms with Crippen molar-refractivity contribution >= 4 is 12.0 Å². The van der Waals surface area contributed by atoms with Crippen molar-refractivity contribution in [3.63, 3.8) is 0 Å². The second kappa shape index (κ2) is 3.91. The Kier molecular flexibility index (Phi) is 2.39. The molecule has 0 saturated carbocycles. The van der Waals surface area contributed by atoms with Crippen LogP contribution in [0.3, 0.4) is 0 Å². The molecule has 1 aromatic heterocycles. The van der Waals surface area contributed by atoms with Gasteiger partial charge >= 0.3 is 0 Å². The highest BCUT2D eigenvalue weighted by atomic mass is 16.1. The second-order valence-electron chi connectivity index (χ2n) is 4.75. The summed E-state index contributed by atoms with van der Waals surface area (Å²) in [5, 5.41) is 0. The van der Waals surface area contributed by atoms with Gasteiger partial charge in [-0.2, -0.15) is 0 Å². The Balaban J connectivity index is 2.12. The number of H-pyrrole nitrogens is 1. The highest BCUT2D eigenvalue weighted by molar-refractivity contribution is 5.83. The fourth-order valence-corrected chi connectivity index (χ4v) is 2.89. The van der Waals surface area contributed by atoms with Gasteiger partial charge < -0.3 is 10.7 Å². The molecule has 0 aromatic carbocycles. The first-order valence-corrected chi connectivity index (χ1v) is 6.13. The molecule has 1 atom stereocenters. The monoisotopic (exact) mass is 228 g/mol. The number of rotatable bonds is 1. The average Bonchev–Trinajstić information content (AvgIpc) is 2.52. The first kappa shape index (κ1) is 10.4. The summed E-state index contributed by atoms with van der Waals surface area (Å²) in [4.78, 5) is 14.9. The van der Waals surface area contributed by atoms with Gasteiger partial charge in [0.15, 0.2) is 0 Å². The maximum absolute atomic E-state index is 11.5. The van der Waals surface area contributed by atoms with Crippen LogP contribution in [0.15, 0.2) is 18.2 Å². The summed E-state index contributed by atoms with van der Waals surface area (Å²) in [6.07, 6.45) is 12.3. The van der Waals surface area contributed by atoms with Gasteiger partial charge in [0.25, 0.3) is 0 Å². The summed E-state index contributed by atoms with van der Waals surface area (Å²) < 4.78 is 0. The van der Waals surface area contributed by atoms with Crippen molar-refractivity contribution in [3.8, 4) is 0 Å². The number of carbonyl (C=O) groups excluding carboxylic acids is 1. The lowest BCUT2D eigenvalue weighted by Gasteiger charge is -2.19. The number of carbonyl (C=O) groups is 1. The summed E-state index contributed by atoms with van der Waals surface area (Å²) in [6, 6.07) is 0. The van der Waals surface area contributed by atoms with E-state index in [0.29, 0.717) is 0 Å². The molecule has 1 amide bonds. The van der Waals surface area contributed by atoms with Crippen LogP contribution < -0.4 is 5.73 Å². The average molecular weight is 228 g/mol. The van der Waals surface area contributed by atoms with Gasteiger partial charge in [-0.1, -0.05) is 24.3 Å². The van der Waals surface area contributed by atoms with Crippen molar-refractivity contribution in [1.29, 1.82) is 0 Å². The first-order valence-electron chi connectivity index (χ1n) is 6.13. The fourth-order valence-electron chi connectivity index (χ4n) is 2.89. The SMILES string of the molecule is NC(=O)C1CCCc2c1[nH]c1c2C=CC=CC1. The lowest BCUT2D eigenvalue weighted by Crippen LogP contribution is -2.25. The van der Waals surface area contributed by atoms with E-state index in [4.69, 9.17) is 5.73 Å². The van der Waals surface area contributed by atoms with Crippen LogP contribution in [0.4, 0.5) is 0 Å². The number of fused-ring (bicyclic) bond motifs is 3. The predicted octanol–water partition coefficient (Wildman–Crippen LogP) is 2.05. The van der Waals surface area contributed by atoms with E-state index in [1.165, 1.54) is 16.8 Å². The Morgan fingerprint density at radius 3 is 3.12 bits per heavy atom. The Bertz CT molecular complexity index is 523. The van der Waals surface area contributed by atoms with Crippen LogP contribution in [0, 0.1) is 0 Å². The third-order valence-corrected chi connectivity index (χ3v) is 3.70. The zero-order valence-electron chi connectivity index (χ0n) is 9.70. The van der Waals surface area contributed by atoms with Crippen molar-refractivity contribution in [3.05, 3.63) is 40.7 Å². The van der Waals surface area contributed by atoms with Crippen molar-refractivity contribution in [1.82, 2.24) is 4.98 Å². The van der Waals surface area contributed by atoms with Crippen LogP contribution in [-0.4, -0.2) is 10.9 Å². The van der Waals surface area contributed by atoms with E-state index in [0.717, 1.165) is 31.4 Å². The second-order valence-corrected chi connectivity index (χ2v) is 4.75. The third kappa shape index (κ3) is 1.62. The highest BCUT2D eigenvalue weighted by Gasteiger charge is 2.29. The van der Waals surface area contributed by atoms with Crippen molar-refractivity contribution in [2.24, 2.45) is 5.73 Å². The van der Waals surface area contributed by atoms with E-state index in [1.54, 1.807) is 0 Å². The summed E-state index contributed by atoms with van der Waals surface area (Å²) in [5.41, 5.74) is 10.3. The van der Waals surface area contributed by atoms with Crippen LogP contribution >= 0.6 is 0 Å². The Labute approximate surface area is 100 Å². The number of allylic oxidation sites excluding steroid dienone is 3. The van der Waals surface area contributed by atoms with Crippen LogP contribution in [-0.2, 0) is 17.6 Å². The number of hydrogen-bond acceptors (Lipinski definition) is 1. The van der Waals surface area contributed by atoms with Crippen LogP contribution in [0.5, 0.6) is 0 Å². The summed E-state index contributed by atoms with van der Waals surface area (Å²) >= 11 is 0. The molecule has 88 valence electrons. The number of hydrogen-bond donors (Lipinski definition) is 2. The van der Waals surface area contributed by atoms with Crippen LogP contribution in [0.1, 0.15) is 41.3 Å². The Morgan fingerprint density at radius 1 is 1.41 bits per heavy atom. The smallest absolute Gasteiger partial charge is 0.226 e. The Hall–Kier alpha value is -1.77. The zero-order valence-corrected chi connectivity index (χ0v) is 9.70. The molecule has 0 radical (unpaired) electrons. The van der Waals surface area contributed by atoms with Gasteiger partial charge in [-0.05, 0) is 30.4 Å². The minimum atomic E-state index is -0.207. The molecule has 1 aromatic rings. The van der Waals surface area contributed by atoms with Gasteiger partial charge in [-0.15, -0.1) is 0 Å². The number of aromatic amines is 1. The van der Waals surface area contributed by atoms with E-state index in [1.807, 2.05) is 0 Å². The third-order valence-electron chi connectivity index (χ3n) is 3.70. The molecule has 3 rings (SSSR count). The molecule has 0 bridgehead atoms. The van der Waals surface area contributed by atoms with Crippen LogP contribution in [0.25, 0.3) is 6.08 Å². The van der Waals surface area contributed by atoms with Crippen LogP contribution in [0.2, 0.25) is 0 Å². The van der Waals surface area contributed by atoms with E-state index in [2.05, 4.69) is 29.3 Å². The summed E-state index contributed by atoms with van der Waals surface area (Å²) in [7, 11) is 0. The largest absolute Gasteiger partial charge is 0.369 e. The molecule has 2 aliphatic rings. The normalized spacial score (nSPS) is 21.8. The van der Waals surface area contributed by atoms with Gasteiger partial charge in [-0.3, -0.25) is 4.79 Å². The maximum Gasteiger partial charge on any atom is 0.226 e. The van der Waals surface area contributed by atoms with Gasteiger partial charge in [0, 0.05) is 17.8 Å². The molecule has 0 aliphatic heterocycles. The zero-order chi connectivity index (χ0) is 11.8. The van der Waals surface area contributed by atoms with Gasteiger partial charge in [0.05, 0.1) is 5.92 Å². The van der Waals surface area contributed by atoms with E-state index in [9.17, 15) is 4.79 Å². The van der Waals surface area contributed by atoms with Gasteiger partial charge in [0.1, 0.15) is 0 Å². The molecule has 0 fully saturated rings. The number of amides is 1. The molecule has 3 heteroatoms. The predicted molar refractivity (Wildman–Crippen MR) is 67.5 cm³/mol. The van der Waals surface area contributed by atoms with Crippen molar-refractivity contribution < 1.29 is 4.79 Å². The molecule has 2 aliphatic carbocycles. The van der Waals surface area contributed by atoms with Crippen molar-refractivity contribution in [2.45, 2.75) is 31.6 Å². The standard InChI is InChI=1S/C14H16N2O/c15-14(17)11-7-4-6-10-9-5-2-1-3-8-12(9)16-13(10)11/h1-3,5,11,16H,4,6-8H2,(H2,15,17). The maximum atomic E-state index is 11.5. The molecule has 3 N–H and O–H groups in total.